The molecule has 46 heavy (non-hydrogen) atoms. The van der Waals surface area contributed by atoms with Gasteiger partial charge in [-0.25, -0.2) is 18.4 Å². The molecule has 0 spiro atoms. The summed E-state index contributed by atoms with van der Waals surface area (Å²) in [5, 5.41) is 9.26. The zero-order chi connectivity index (χ0) is 34.3. The fraction of sp³-hybridized carbons (Fsp3) is 0.500. The van der Waals surface area contributed by atoms with Crippen molar-refractivity contribution in [1.82, 2.24) is 14.7 Å². The van der Waals surface area contributed by atoms with Gasteiger partial charge in [-0.2, -0.15) is 26.3 Å². The zero-order valence-corrected chi connectivity index (χ0v) is 25.0. The van der Waals surface area contributed by atoms with Crippen molar-refractivity contribution in [1.29, 1.82) is 0 Å². The smallest absolute Gasteiger partial charge is 0.416 e. The Balaban J connectivity index is 1.61. The molecule has 1 saturated carbocycles. The number of nitrogens with zero attached hydrogens (tertiary/aromatic N) is 4. The SMILES string of the molecule is CN(C(=O)N(C)[C@@H]1CN(C(=O)C2CCC(N(C)C(=O)O)CC2)C[C@H]1c1ccc(F)c(F)c1)c1cc(C(F)(F)F)cc(C(F)(F)F)c1. The number of hydrogen-bond acceptors (Lipinski definition) is 3. The highest BCUT2D eigenvalue weighted by Crippen LogP contribution is 2.39. The Morgan fingerprint density at radius 3 is 1.85 bits per heavy atom. The van der Waals surface area contributed by atoms with Gasteiger partial charge in [-0.15, -0.1) is 0 Å². The molecule has 1 saturated heterocycles. The number of benzene rings is 2. The van der Waals surface area contributed by atoms with Gasteiger partial charge in [0.15, 0.2) is 11.6 Å². The maximum absolute atomic E-state index is 14.3. The van der Waals surface area contributed by atoms with E-state index in [0.717, 1.165) is 24.1 Å². The largest absolute Gasteiger partial charge is 0.465 e. The Labute approximate surface area is 259 Å². The minimum absolute atomic E-state index is 0.0351. The van der Waals surface area contributed by atoms with Crippen LogP contribution in [0.25, 0.3) is 0 Å². The Bertz CT molecular complexity index is 1440. The lowest BCUT2D eigenvalue weighted by Gasteiger charge is -2.34. The molecular formula is C30H32F8N4O4. The van der Waals surface area contributed by atoms with Crippen LogP contribution in [0.15, 0.2) is 36.4 Å². The molecule has 1 N–H and O–H groups in total. The lowest BCUT2D eigenvalue weighted by atomic mass is 9.84. The predicted octanol–water partition coefficient (Wildman–Crippen LogP) is 6.65. The molecule has 1 heterocycles. The average molecular weight is 665 g/mol. The molecular weight excluding hydrogens is 632 g/mol. The summed E-state index contributed by atoms with van der Waals surface area (Å²) in [6, 6.07) is 1.64. The highest BCUT2D eigenvalue weighted by molar-refractivity contribution is 5.92. The Morgan fingerprint density at radius 2 is 1.35 bits per heavy atom. The minimum Gasteiger partial charge on any atom is -0.465 e. The third-order valence-electron chi connectivity index (χ3n) is 8.91. The Kier molecular flexibility index (Phi) is 9.78. The molecule has 252 valence electrons. The zero-order valence-electron chi connectivity index (χ0n) is 25.0. The van der Waals surface area contributed by atoms with Gasteiger partial charge in [-0.3, -0.25) is 9.69 Å². The van der Waals surface area contributed by atoms with Crippen LogP contribution in [0.5, 0.6) is 0 Å². The van der Waals surface area contributed by atoms with E-state index in [1.54, 1.807) is 0 Å². The van der Waals surface area contributed by atoms with E-state index >= 15 is 0 Å². The van der Waals surface area contributed by atoms with Crippen molar-refractivity contribution in [3.63, 3.8) is 0 Å². The molecule has 2 fully saturated rings. The molecule has 2 atom stereocenters. The van der Waals surface area contributed by atoms with Gasteiger partial charge in [0.25, 0.3) is 0 Å². The standard InChI is InChI=1S/C30H32F8N4O4/c1-39(21-12-18(29(33,34)35)11-19(13-21)30(36,37)38)27(44)41(3)25-15-42(14-22(25)17-6-9-23(31)24(32)10-17)26(43)16-4-7-20(8-5-16)40(2)28(45)46/h6,9-13,16,20,22,25H,4-5,7-8,14-15H2,1-3H3,(H,45,46)/t16?,20?,22-,25+/m0/s1. The monoisotopic (exact) mass is 664 g/mol. The van der Waals surface area contributed by atoms with Gasteiger partial charge in [0.1, 0.15) is 0 Å². The van der Waals surface area contributed by atoms with Crippen LogP contribution in [0.3, 0.4) is 0 Å². The molecule has 2 aliphatic rings. The number of carboxylic acid groups (broad SMARTS) is 1. The van der Waals surface area contributed by atoms with E-state index in [0.29, 0.717) is 42.7 Å². The molecule has 0 aromatic heterocycles. The molecule has 0 radical (unpaired) electrons. The van der Waals surface area contributed by atoms with Crippen molar-refractivity contribution >= 4 is 23.7 Å². The van der Waals surface area contributed by atoms with Gasteiger partial charge in [0, 0.05) is 57.8 Å². The number of carbonyl (C=O) groups excluding carboxylic acids is 2. The molecule has 2 aromatic rings. The second kappa shape index (κ2) is 12.9. The van der Waals surface area contributed by atoms with E-state index < -0.39 is 70.8 Å². The van der Waals surface area contributed by atoms with Gasteiger partial charge in [-0.05, 0) is 61.6 Å². The van der Waals surface area contributed by atoms with E-state index in [-0.39, 0.29) is 36.7 Å². The van der Waals surface area contributed by atoms with Crippen LogP contribution >= 0.6 is 0 Å². The van der Waals surface area contributed by atoms with Gasteiger partial charge >= 0.3 is 24.5 Å². The minimum atomic E-state index is -5.14. The van der Waals surface area contributed by atoms with E-state index in [1.807, 2.05) is 0 Å². The number of likely N-dealkylation sites (tertiary alicyclic amines) is 1. The quantitative estimate of drug-likeness (QED) is 0.363. The lowest BCUT2D eigenvalue weighted by molar-refractivity contribution is -0.143. The molecule has 4 rings (SSSR count). The number of likely N-dealkylation sites (N-methyl/N-ethyl adjacent to an activating group) is 1. The van der Waals surface area contributed by atoms with Crippen molar-refractivity contribution in [2.24, 2.45) is 5.92 Å². The van der Waals surface area contributed by atoms with Crippen LogP contribution in [-0.2, 0) is 17.1 Å². The van der Waals surface area contributed by atoms with Crippen LogP contribution in [0.1, 0.15) is 48.3 Å². The van der Waals surface area contributed by atoms with Gasteiger partial charge in [0.2, 0.25) is 5.91 Å². The fourth-order valence-corrected chi connectivity index (χ4v) is 6.18. The summed E-state index contributed by atoms with van der Waals surface area (Å²) in [5.41, 5.74) is -3.67. The second-order valence-electron chi connectivity index (χ2n) is 11.7. The number of amides is 4. The van der Waals surface area contributed by atoms with E-state index in [1.165, 1.54) is 30.0 Å². The summed E-state index contributed by atoms with van der Waals surface area (Å²) in [5.74, 6) is -3.88. The van der Waals surface area contributed by atoms with E-state index in [4.69, 9.17) is 0 Å². The number of hydrogen-bond donors (Lipinski definition) is 1. The fourth-order valence-electron chi connectivity index (χ4n) is 6.18. The van der Waals surface area contributed by atoms with Crippen molar-refractivity contribution < 1.29 is 54.6 Å². The molecule has 0 bridgehead atoms. The summed E-state index contributed by atoms with van der Waals surface area (Å²) < 4.78 is 109. The second-order valence-corrected chi connectivity index (χ2v) is 11.7. The number of urea groups is 1. The number of anilines is 1. The van der Waals surface area contributed by atoms with Gasteiger partial charge in [0.05, 0.1) is 17.2 Å². The first-order valence-electron chi connectivity index (χ1n) is 14.3. The number of carbonyl (C=O) groups is 3. The first-order chi connectivity index (χ1) is 21.3. The van der Waals surface area contributed by atoms with E-state index in [9.17, 15) is 54.6 Å². The molecule has 16 heteroatoms. The molecule has 1 aliphatic carbocycles. The van der Waals surface area contributed by atoms with Crippen LogP contribution in [0.2, 0.25) is 0 Å². The summed E-state index contributed by atoms with van der Waals surface area (Å²) >= 11 is 0. The van der Waals surface area contributed by atoms with Crippen LogP contribution in [0, 0.1) is 17.6 Å². The van der Waals surface area contributed by atoms with Crippen LogP contribution in [0.4, 0.5) is 50.4 Å². The molecule has 4 amide bonds. The van der Waals surface area contributed by atoms with Crippen molar-refractivity contribution in [3.05, 3.63) is 64.7 Å². The predicted molar refractivity (Wildman–Crippen MR) is 149 cm³/mol. The molecule has 0 unspecified atom stereocenters. The van der Waals surface area contributed by atoms with Crippen molar-refractivity contribution in [2.75, 3.05) is 39.1 Å². The third-order valence-corrected chi connectivity index (χ3v) is 8.91. The maximum atomic E-state index is 14.3. The summed E-state index contributed by atoms with van der Waals surface area (Å²) in [6.45, 7) is -0.142. The van der Waals surface area contributed by atoms with Gasteiger partial charge in [-0.1, -0.05) is 6.07 Å². The van der Waals surface area contributed by atoms with Crippen molar-refractivity contribution in [3.8, 4) is 0 Å². The first-order valence-corrected chi connectivity index (χ1v) is 14.3. The average Bonchev–Trinajstić information content (AvgIpc) is 3.45. The normalized spacial score (nSPS) is 22.0. The number of halogens is 8. The Hall–Kier alpha value is -4.11. The first kappa shape index (κ1) is 34.8. The summed E-state index contributed by atoms with van der Waals surface area (Å²) in [4.78, 5) is 42.8. The summed E-state index contributed by atoms with van der Waals surface area (Å²) in [7, 11) is 3.71. The third kappa shape index (κ3) is 7.30. The molecule has 1 aliphatic heterocycles. The summed E-state index contributed by atoms with van der Waals surface area (Å²) in [6.07, 6.45) is -9.74. The molecule has 2 aromatic carbocycles. The van der Waals surface area contributed by atoms with Crippen molar-refractivity contribution in [2.45, 2.75) is 56.0 Å². The molecule has 8 nitrogen and oxygen atoms in total. The van der Waals surface area contributed by atoms with E-state index in [2.05, 4.69) is 0 Å². The van der Waals surface area contributed by atoms with Gasteiger partial charge < -0.3 is 19.8 Å². The van der Waals surface area contributed by atoms with Crippen LogP contribution < -0.4 is 4.90 Å². The highest BCUT2D eigenvalue weighted by Gasteiger charge is 2.44. The lowest BCUT2D eigenvalue weighted by Crippen LogP contribution is -2.48. The maximum Gasteiger partial charge on any atom is 0.416 e. The topological polar surface area (TPSA) is 84.4 Å². The number of rotatable bonds is 5. The van der Waals surface area contributed by atoms with Crippen LogP contribution in [-0.4, -0.2) is 84.2 Å². The number of alkyl halides is 6. The highest BCUT2D eigenvalue weighted by atomic mass is 19.4. The Morgan fingerprint density at radius 1 is 0.783 bits per heavy atom.